The van der Waals surface area contributed by atoms with E-state index in [2.05, 4.69) is 5.16 Å². The van der Waals surface area contributed by atoms with E-state index in [1.807, 2.05) is 0 Å². The second-order valence-corrected chi connectivity index (χ2v) is 4.94. The van der Waals surface area contributed by atoms with Crippen LogP contribution in [-0.4, -0.2) is 33.6 Å². The zero-order valence-corrected chi connectivity index (χ0v) is 9.30. The van der Waals surface area contributed by atoms with Gasteiger partial charge in [-0.1, -0.05) is 24.4 Å². The molecule has 0 aromatic rings. The number of nitrogens with zero attached hydrogens (tertiary/aromatic N) is 1. The molecular weight excluding hydrogens is 198 g/mol. The molecule has 1 rings (SSSR count). The summed E-state index contributed by atoms with van der Waals surface area (Å²) < 4.78 is 0. The van der Waals surface area contributed by atoms with Crippen molar-refractivity contribution in [2.75, 3.05) is 12.4 Å². The fourth-order valence-electron chi connectivity index (χ4n) is 1.81. The second kappa shape index (κ2) is 7.12. The third-order valence-electron chi connectivity index (χ3n) is 2.56. The fraction of sp³-hybridized carbons (Fsp3) is 0.900. The van der Waals surface area contributed by atoms with Gasteiger partial charge in [-0.3, -0.25) is 0 Å². The Morgan fingerprint density at radius 3 is 2.79 bits per heavy atom. The highest BCUT2D eigenvalue weighted by Crippen LogP contribution is 2.24. The number of thioether (sulfide) groups is 1. The Bertz CT molecular complexity index is 183. The highest BCUT2D eigenvalue weighted by atomic mass is 32.2. The molecule has 2 N–H and O–H groups in total. The van der Waals surface area contributed by atoms with Crippen molar-refractivity contribution in [3.8, 4) is 0 Å². The second-order valence-electron chi connectivity index (χ2n) is 3.63. The largest absolute Gasteiger partial charge is 0.411 e. The Morgan fingerprint density at radius 2 is 2.07 bits per heavy atom. The highest BCUT2D eigenvalue weighted by molar-refractivity contribution is 8.00. The smallest absolute Gasteiger partial charge is 0.0700 e. The minimum Gasteiger partial charge on any atom is -0.411 e. The van der Waals surface area contributed by atoms with E-state index in [-0.39, 0.29) is 6.61 Å². The number of aliphatic hydroxyl groups excluding tert-OH is 1. The molecule has 1 atom stereocenters. The third-order valence-corrected chi connectivity index (χ3v) is 3.89. The Morgan fingerprint density at radius 1 is 1.29 bits per heavy atom. The maximum atomic E-state index is 8.89. The first kappa shape index (κ1) is 11.9. The van der Waals surface area contributed by atoms with Crippen LogP contribution in [0.2, 0.25) is 0 Å². The van der Waals surface area contributed by atoms with Crippen molar-refractivity contribution in [3.05, 3.63) is 0 Å². The fourth-order valence-corrected chi connectivity index (χ4v) is 2.89. The van der Waals surface area contributed by atoms with E-state index < -0.39 is 0 Å². The van der Waals surface area contributed by atoms with Crippen LogP contribution in [0.1, 0.15) is 38.5 Å². The number of aliphatic hydroxyl groups is 1. The lowest BCUT2D eigenvalue weighted by Gasteiger charge is -2.19. The average Bonchev–Trinajstić information content (AvgIpc) is 2.17. The maximum absolute atomic E-state index is 8.89. The van der Waals surface area contributed by atoms with Gasteiger partial charge in [0.1, 0.15) is 0 Å². The Hall–Kier alpha value is -0.220. The van der Waals surface area contributed by atoms with Gasteiger partial charge in [0.25, 0.3) is 0 Å². The van der Waals surface area contributed by atoms with Gasteiger partial charge in [-0.2, -0.15) is 0 Å². The lowest BCUT2D eigenvalue weighted by molar-refractivity contribution is 0.315. The molecule has 0 amide bonds. The quantitative estimate of drug-likeness (QED) is 0.563. The van der Waals surface area contributed by atoms with Gasteiger partial charge in [0.2, 0.25) is 0 Å². The number of rotatable bonds is 3. The van der Waals surface area contributed by atoms with Crippen LogP contribution in [0, 0.1) is 0 Å². The van der Waals surface area contributed by atoms with Crippen molar-refractivity contribution in [1.29, 1.82) is 0 Å². The highest BCUT2D eigenvalue weighted by Gasteiger charge is 2.18. The van der Waals surface area contributed by atoms with Gasteiger partial charge < -0.3 is 10.3 Å². The predicted molar refractivity (Wildman–Crippen MR) is 60.3 cm³/mol. The van der Waals surface area contributed by atoms with Crippen LogP contribution in [-0.2, 0) is 0 Å². The van der Waals surface area contributed by atoms with Gasteiger partial charge in [-0.05, 0) is 19.3 Å². The molecule has 0 aromatic carbocycles. The van der Waals surface area contributed by atoms with Crippen molar-refractivity contribution in [2.45, 2.75) is 43.8 Å². The molecule has 0 spiro atoms. The normalized spacial score (nSPS) is 27.2. The van der Waals surface area contributed by atoms with Crippen LogP contribution in [0.25, 0.3) is 0 Å². The molecule has 14 heavy (non-hydrogen) atoms. The molecule has 1 fully saturated rings. The molecule has 0 aliphatic heterocycles. The topological polar surface area (TPSA) is 52.8 Å². The summed E-state index contributed by atoms with van der Waals surface area (Å²) in [6.07, 6.45) is 6.88. The minimum atomic E-state index is 0.208. The molecule has 1 aliphatic rings. The van der Waals surface area contributed by atoms with E-state index in [0.29, 0.717) is 5.25 Å². The van der Waals surface area contributed by atoms with E-state index in [0.717, 1.165) is 30.7 Å². The summed E-state index contributed by atoms with van der Waals surface area (Å²) >= 11 is 1.71. The van der Waals surface area contributed by atoms with Gasteiger partial charge in [0.05, 0.1) is 12.3 Å². The van der Waals surface area contributed by atoms with Crippen LogP contribution in [0.15, 0.2) is 5.16 Å². The molecule has 82 valence electrons. The van der Waals surface area contributed by atoms with Gasteiger partial charge in [0, 0.05) is 11.0 Å². The first-order chi connectivity index (χ1) is 6.88. The zero-order valence-electron chi connectivity index (χ0n) is 8.48. The van der Waals surface area contributed by atoms with Crippen LogP contribution in [0.3, 0.4) is 0 Å². The molecule has 0 heterocycles. The summed E-state index contributed by atoms with van der Waals surface area (Å²) in [5.74, 6) is 0.740. The lowest BCUT2D eigenvalue weighted by Crippen LogP contribution is -2.20. The van der Waals surface area contributed by atoms with E-state index in [9.17, 15) is 0 Å². The average molecular weight is 217 g/mol. The monoisotopic (exact) mass is 217 g/mol. The minimum absolute atomic E-state index is 0.208. The van der Waals surface area contributed by atoms with Gasteiger partial charge in [-0.25, -0.2) is 0 Å². The van der Waals surface area contributed by atoms with Crippen molar-refractivity contribution in [2.24, 2.45) is 5.16 Å². The number of oxime groups is 1. The summed E-state index contributed by atoms with van der Waals surface area (Å²) in [5, 5.41) is 21.4. The van der Waals surface area contributed by atoms with Crippen LogP contribution in [0.5, 0.6) is 0 Å². The molecule has 1 saturated carbocycles. The zero-order chi connectivity index (χ0) is 10.2. The standard InChI is InChI=1S/C10H19NO2S/c12-7-8-14-10-6-4-2-1-3-5-9(10)11-13/h10,12-13H,1-8H2/b11-9-/t10-/m0/s1. The Kier molecular flexibility index (Phi) is 6.03. The molecule has 0 saturated heterocycles. The van der Waals surface area contributed by atoms with Crippen molar-refractivity contribution < 1.29 is 10.3 Å². The summed E-state index contributed by atoms with van der Waals surface area (Å²) in [6, 6.07) is 0. The van der Waals surface area contributed by atoms with Crippen molar-refractivity contribution >= 4 is 17.5 Å². The van der Waals surface area contributed by atoms with E-state index >= 15 is 0 Å². The molecule has 0 unspecified atom stereocenters. The number of hydrogen-bond acceptors (Lipinski definition) is 4. The first-order valence-corrected chi connectivity index (χ1v) is 6.36. The molecule has 0 radical (unpaired) electrons. The van der Waals surface area contributed by atoms with Gasteiger partial charge >= 0.3 is 0 Å². The van der Waals surface area contributed by atoms with Crippen LogP contribution in [0.4, 0.5) is 0 Å². The molecule has 3 nitrogen and oxygen atoms in total. The van der Waals surface area contributed by atoms with Crippen molar-refractivity contribution in [3.63, 3.8) is 0 Å². The van der Waals surface area contributed by atoms with E-state index in [1.54, 1.807) is 11.8 Å². The van der Waals surface area contributed by atoms with Gasteiger partial charge in [0.15, 0.2) is 0 Å². The van der Waals surface area contributed by atoms with E-state index in [4.69, 9.17) is 10.3 Å². The van der Waals surface area contributed by atoms with Crippen LogP contribution >= 0.6 is 11.8 Å². The molecule has 1 aliphatic carbocycles. The molecule has 0 aromatic heterocycles. The Labute approximate surface area is 89.6 Å². The van der Waals surface area contributed by atoms with Gasteiger partial charge in [-0.15, -0.1) is 11.8 Å². The summed E-state index contributed by atoms with van der Waals surface area (Å²) in [7, 11) is 0. The molecular formula is C10H19NO2S. The lowest BCUT2D eigenvalue weighted by atomic mass is 9.99. The molecule has 4 heteroatoms. The predicted octanol–water partition coefficient (Wildman–Crippen LogP) is 2.26. The Balaban J connectivity index is 2.46. The summed E-state index contributed by atoms with van der Waals surface area (Å²) in [5.41, 5.74) is 0.920. The van der Waals surface area contributed by atoms with Crippen molar-refractivity contribution in [1.82, 2.24) is 0 Å². The SMILES string of the molecule is OCCS[C@H]1CCCCCC/C1=N/O. The summed E-state index contributed by atoms with van der Waals surface area (Å²) in [6.45, 7) is 0.208. The molecule has 0 bridgehead atoms. The third kappa shape index (κ3) is 3.88. The first-order valence-electron chi connectivity index (χ1n) is 5.31. The van der Waals surface area contributed by atoms with Crippen LogP contribution < -0.4 is 0 Å². The summed E-state index contributed by atoms with van der Waals surface area (Å²) in [4.78, 5) is 0. The van der Waals surface area contributed by atoms with E-state index in [1.165, 1.54) is 19.3 Å². The maximum Gasteiger partial charge on any atom is 0.0700 e. The number of hydrogen-bond donors (Lipinski definition) is 2.